The van der Waals surface area contributed by atoms with Crippen LogP contribution in [0.25, 0.3) is 0 Å². The number of hydrogen-bond donors (Lipinski definition) is 2. The second kappa shape index (κ2) is 8.82. The molecule has 5 rings (SSSR count). The zero-order valence-electron chi connectivity index (χ0n) is 17.3. The van der Waals surface area contributed by atoms with Gasteiger partial charge in [-0.15, -0.1) is 0 Å². The molecule has 5 nitrogen and oxygen atoms in total. The lowest BCUT2D eigenvalue weighted by Gasteiger charge is -2.26. The molecule has 1 heterocycles. The zero-order chi connectivity index (χ0) is 21.0. The highest BCUT2D eigenvalue weighted by Gasteiger charge is 2.35. The predicted molar refractivity (Wildman–Crippen MR) is 119 cm³/mol. The van der Waals surface area contributed by atoms with Crippen molar-refractivity contribution in [3.63, 3.8) is 0 Å². The van der Waals surface area contributed by atoms with Gasteiger partial charge in [-0.1, -0.05) is 66.7 Å². The molecule has 0 bridgehead atoms. The lowest BCUT2D eigenvalue weighted by atomic mass is 9.98. The summed E-state index contributed by atoms with van der Waals surface area (Å²) < 4.78 is 10.8. The van der Waals surface area contributed by atoms with E-state index >= 15 is 0 Å². The van der Waals surface area contributed by atoms with E-state index < -0.39 is 6.04 Å². The number of rotatable bonds is 8. The smallest absolute Gasteiger partial charge is 0.242 e. The number of benzene rings is 3. The van der Waals surface area contributed by atoms with Gasteiger partial charge < -0.3 is 14.8 Å². The van der Waals surface area contributed by atoms with Crippen molar-refractivity contribution in [2.75, 3.05) is 6.79 Å². The first kappa shape index (κ1) is 19.6. The van der Waals surface area contributed by atoms with Crippen LogP contribution in [0.2, 0.25) is 0 Å². The average molecular weight is 415 g/mol. The van der Waals surface area contributed by atoms with Crippen LogP contribution in [0.4, 0.5) is 0 Å². The molecule has 2 atom stereocenters. The summed E-state index contributed by atoms with van der Waals surface area (Å²) in [5.74, 6) is 2.00. The molecule has 1 aliphatic carbocycles. The second-order valence-electron chi connectivity index (χ2n) is 8.14. The minimum absolute atomic E-state index is 0.0366. The van der Waals surface area contributed by atoms with E-state index in [2.05, 4.69) is 34.9 Å². The quantitative estimate of drug-likeness (QED) is 0.569. The number of amides is 1. The molecule has 1 amide bonds. The van der Waals surface area contributed by atoms with Crippen LogP contribution in [0.15, 0.2) is 78.9 Å². The van der Waals surface area contributed by atoms with Crippen molar-refractivity contribution in [1.82, 2.24) is 10.6 Å². The molecule has 158 valence electrons. The third-order valence-corrected chi connectivity index (χ3v) is 5.90. The molecule has 0 radical (unpaired) electrons. The summed E-state index contributed by atoms with van der Waals surface area (Å²) in [5.41, 5.74) is 3.17. The van der Waals surface area contributed by atoms with Gasteiger partial charge >= 0.3 is 0 Å². The Morgan fingerprint density at radius 3 is 2.26 bits per heavy atom. The minimum Gasteiger partial charge on any atom is -0.454 e. The molecule has 3 aromatic rings. The predicted octanol–water partition coefficient (Wildman–Crippen LogP) is 4.51. The van der Waals surface area contributed by atoms with Crippen molar-refractivity contribution in [1.29, 1.82) is 0 Å². The fourth-order valence-corrected chi connectivity index (χ4v) is 4.08. The molecule has 0 saturated heterocycles. The minimum atomic E-state index is -0.430. The molecule has 2 aliphatic rings. The Bertz CT molecular complexity index is 1040. The standard InChI is InChI=1S/C26H26N2O3/c29-26(27-16-18-11-14-22-23(15-18)31-17-30-22)25(20-9-5-2-6-10-20)28-24(21-12-13-21)19-7-3-1-4-8-19/h1-11,14-15,21,24-25,28H,12-13,16-17H2,(H,27,29). The first-order valence-electron chi connectivity index (χ1n) is 10.8. The van der Waals surface area contributed by atoms with Crippen molar-refractivity contribution in [2.45, 2.75) is 31.5 Å². The Morgan fingerprint density at radius 1 is 0.871 bits per heavy atom. The third-order valence-electron chi connectivity index (χ3n) is 5.90. The maximum absolute atomic E-state index is 13.3. The van der Waals surface area contributed by atoms with Crippen LogP contribution >= 0.6 is 0 Å². The van der Waals surface area contributed by atoms with Gasteiger partial charge in [-0.2, -0.15) is 0 Å². The highest BCUT2D eigenvalue weighted by atomic mass is 16.7. The maximum atomic E-state index is 13.3. The van der Waals surface area contributed by atoms with Crippen LogP contribution in [-0.2, 0) is 11.3 Å². The average Bonchev–Trinajstić information content (AvgIpc) is 3.55. The zero-order valence-corrected chi connectivity index (χ0v) is 17.3. The van der Waals surface area contributed by atoms with E-state index in [0.29, 0.717) is 12.5 Å². The topological polar surface area (TPSA) is 59.6 Å². The van der Waals surface area contributed by atoms with Gasteiger partial charge in [0.2, 0.25) is 12.7 Å². The summed E-state index contributed by atoms with van der Waals surface area (Å²) in [4.78, 5) is 13.3. The van der Waals surface area contributed by atoms with Gasteiger partial charge in [-0.3, -0.25) is 10.1 Å². The summed E-state index contributed by atoms with van der Waals surface area (Å²) in [7, 11) is 0. The van der Waals surface area contributed by atoms with E-state index in [1.54, 1.807) is 0 Å². The highest BCUT2D eigenvalue weighted by molar-refractivity contribution is 5.83. The fourth-order valence-electron chi connectivity index (χ4n) is 4.08. The van der Waals surface area contributed by atoms with Crippen LogP contribution in [0.3, 0.4) is 0 Å². The molecule has 1 aliphatic heterocycles. The third kappa shape index (κ3) is 4.57. The summed E-state index contributed by atoms with van der Waals surface area (Å²) in [6.07, 6.45) is 2.37. The Balaban J connectivity index is 1.34. The van der Waals surface area contributed by atoms with Crippen molar-refractivity contribution in [2.24, 2.45) is 5.92 Å². The van der Waals surface area contributed by atoms with Crippen LogP contribution in [0.5, 0.6) is 11.5 Å². The van der Waals surface area contributed by atoms with Gasteiger partial charge in [-0.25, -0.2) is 0 Å². The van der Waals surface area contributed by atoms with E-state index in [-0.39, 0.29) is 18.7 Å². The Hall–Kier alpha value is -3.31. The number of ether oxygens (including phenoxy) is 2. The number of carbonyl (C=O) groups is 1. The number of carbonyl (C=O) groups excluding carboxylic acids is 1. The molecule has 0 spiro atoms. The van der Waals surface area contributed by atoms with E-state index in [1.165, 1.54) is 18.4 Å². The van der Waals surface area contributed by atoms with Crippen molar-refractivity contribution in [3.8, 4) is 11.5 Å². The van der Waals surface area contributed by atoms with Crippen LogP contribution in [0.1, 0.15) is 41.6 Å². The van der Waals surface area contributed by atoms with Crippen LogP contribution in [-0.4, -0.2) is 12.7 Å². The molecule has 2 unspecified atom stereocenters. The van der Waals surface area contributed by atoms with Crippen molar-refractivity contribution in [3.05, 3.63) is 95.6 Å². The number of nitrogens with one attached hydrogen (secondary N) is 2. The number of hydrogen-bond acceptors (Lipinski definition) is 4. The SMILES string of the molecule is O=C(NCc1ccc2c(c1)OCO2)C(NC(c1ccccc1)C1CC1)c1ccccc1. The molecule has 1 saturated carbocycles. The fraction of sp³-hybridized carbons (Fsp3) is 0.269. The molecule has 2 N–H and O–H groups in total. The lowest BCUT2D eigenvalue weighted by Crippen LogP contribution is -2.39. The van der Waals surface area contributed by atoms with E-state index in [9.17, 15) is 4.79 Å². The first-order chi connectivity index (χ1) is 15.3. The Kier molecular flexibility index (Phi) is 5.59. The van der Waals surface area contributed by atoms with Gasteiger partial charge in [0.15, 0.2) is 11.5 Å². The molecule has 0 aromatic heterocycles. The molecule has 31 heavy (non-hydrogen) atoms. The van der Waals surface area contributed by atoms with Gasteiger partial charge in [0.1, 0.15) is 6.04 Å². The Labute approximate surface area is 182 Å². The summed E-state index contributed by atoms with van der Waals surface area (Å²) in [5, 5.41) is 6.78. The maximum Gasteiger partial charge on any atom is 0.242 e. The van der Waals surface area contributed by atoms with E-state index in [1.807, 2.05) is 54.6 Å². The van der Waals surface area contributed by atoms with Gasteiger partial charge in [0.25, 0.3) is 0 Å². The van der Waals surface area contributed by atoms with E-state index in [0.717, 1.165) is 22.6 Å². The molecule has 5 heteroatoms. The van der Waals surface area contributed by atoms with Crippen molar-refractivity contribution < 1.29 is 14.3 Å². The first-order valence-corrected chi connectivity index (χ1v) is 10.8. The van der Waals surface area contributed by atoms with Gasteiger partial charge in [0, 0.05) is 12.6 Å². The number of fused-ring (bicyclic) bond motifs is 1. The van der Waals surface area contributed by atoms with Gasteiger partial charge in [-0.05, 0) is 47.6 Å². The normalized spacial score (nSPS) is 16.5. The summed E-state index contributed by atoms with van der Waals surface area (Å²) in [6.45, 7) is 0.674. The summed E-state index contributed by atoms with van der Waals surface area (Å²) in [6, 6.07) is 25.9. The van der Waals surface area contributed by atoms with Crippen LogP contribution < -0.4 is 20.1 Å². The second-order valence-corrected chi connectivity index (χ2v) is 8.14. The van der Waals surface area contributed by atoms with E-state index in [4.69, 9.17) is 9.47 Å². The van der Waals surface area contributed by atoms with Crippen molar-refractivity contribution >= 4 is 5.91 Å². The molecule has 1 fully saturated rings. The molecular formula is C26H26N2O3. The lowest BCUT2D eigenvalue weighted by molar-refractivity contribution is -0.123. The van der Waals surface area contributed by atoms with Gasteiger partial charge in [0.05, 0.1) is 0 Å². The highest BCUT2D eigenvalue weighted by Crippen LogP contribution is 2.42. The largest absolute Gasteiger partial charge is 0.454 e. The molecular weight excluding hydrogens is 388 g/mol. The Morgan fingerprint density at radius 2 is 1.55 bits per heavy atom. The van der Waals surface area contributed by atoms with Crippen LogP contribution in [0, 0.1) is 5.92 Å². The molecule has 3 aromatic carbocycles. The summed E-state index contributed by atoms with van der Waals surface area (Å²) >= 11 is 0. The monoisotopic (exact) mass is 414 g/mol.